The third-order valence-corrected chi connectivity index (χ3v) is 7.72. The minimum atomic E-state index is -0.285. The first kappa shape index (κ1) is 25.5. The monoisotopic (exact) mass is 530 g/mol. The maximum absolute atomic E-state index is 14.6. The van der Waals surface area contributed by atoms with Crippen molar-refractivity contribution in [1.82, 2.24) is 30.5 Å². The summed E-state index contributed by atoms with van der Waals surface area (Å²) in [5.74, 6) is 0.224. The third-order valence-electron chi connectivity index (χ3n) is 7.72. The molecule has 1 aliphatic rings. The molecule has 5 aromatic rings. The molecule has 0 saturated heterocycles. The van der Waals surface area contributed by atoms with Crippen LogP contribution in [0.4, 0.5) is 4.39 Å². The van der Waals surface area contributed by atoms with Crippen molar-refractivity contribution in [2.75, 3.05) is 0 Å². The Bertz CT molecular complexity index is 1800. The lowest BCUT2D eigenvalue weighted by Gasteiger charge is -2.16. The fourth-order valence-corrected chi connectivity index (χ4v) is 5.55. The molecule has 200 valence electrons. The van der Waals surface area contributed by atoms with E-state index in [1.807, 2.05) is 31.3 Å². The molecule has 0 spiro atoms. The normalized spacial score (nSPS) is 14.8. The van der Waals surface area contributed by atoms with Gasteiger partial charge in [-0.1, -0.05) is 50.3 Å². The van der Waals surface area contributed by atoms with Gasteiger partial charge in [-0.2, -0.15) is 5.10 Å². The Kier molecular flexibility index (Phi) is 6.86. The summed E-state index contributed by atoms with van der Waals surface area (Å²) >= 11 is 0. The van der Waals surface area contributed by atoms with Crippen LogP contribution in [0, 0.1) is 11.7 Å². The second kappa shape index (κ2) is 10.8. The number of nitrogens with one attached hydrogen (secondary N) is 3. The summed E-state index contributed by atoms with van der Waals surface area (Å²) in [5, 5.41) is 12.8. The minimum absolute atomic E-state index is 0.285. The number of H-pyrrole nitrogens is 2. The Hall–Kier alpha value is -4.78. The van der Waals surface area contributed by atoms with Gasteiger partial charge >= 0.3 is 0 Å². The van der Waals surface area contributed by atoms with E-state index in [1.54, 1.807) is 24.5 Å². The number of benzene rings is 1. The van der Waals surface area contributed by atoms with Crippen LogP contribution in [0.3, 0.4) is 0 Å². The molecule has 7 heteroatoms. The van der Waals surface area contributed by atoms with E-state index in [-0.39, 0.29) is 5.82 Å². The molecule has 0 aliphatic heterocycles. The molecule has 6 rings (SSSR count). The van der Waals surface area contributed by atoms with Crippen molar-refractivity contribution in [2.24, 2.45) is 5.92 Å². The number of fused-ring (bicyclic) bond motifs is 2. The van der Waals surface area contributed by atoms with Crippen molar-refractivity contribution in [3.63, 3.8) is 0 Å². The molecule has 6 nitrogen and oxygen atoms in total. The quantitative estimate of drug-likeness (QED) is 0.177. The van der Waals surface area contributed by atoms with Crippen LogP contribution in [0.2, 0.25) is 0 Å². The largest absolute Gasteiger partial charge is 0.359 e. The zero-order valence-electron chi connectivity index (χ0n) is 22.5. The van der Waals surface area contributed by atoms with E-state index in [2.05, 4.69) is 61.8 Å². The lowest BCUT2D eigenvalue weighted by atomic mass is 10.0. The van der Waals surface area contributed by atoms with Crippen LogP contribution in [0.1, 0.15) is 38.2 Å². The van der Waals surface area contributed by atoms with Gasteiger partial charge in [-0.05, 0) is 61.6 Å². The summed E-state index contributed by atoms with van der Waals surface area (Å²) in [6.45, 7) is 10.3. The number of hydrogen-bond donors (Lipinski definition) is 3. The van der Waals surface area contributed by atoms with Gasteiger partial charge in [-0.15, -0.1) is 0 Å². The van der Waals surface area contributed by atoms with Crippen molar-refractivity contribution in [3.05, 3.63) is 109 Å². The number of aromatic amines is 2. The zero-order valence-corrected chi connectivity index (χ0v) is 22.5. The number of allylic oxidation sites excluding steroid dienone is 5. The Labute approximate surface area is 232 Å². The first-order chi connectivity index (χ1) is 19.6. The molecule has 1 aromatic carbocycles. The first-order valence-electron chi connectivity index (χ1n) is 13.6. The smallest absolute Gasteiger partial charge is 0.181 e. The van der Waals surface area contributed by atoms with E-state index >= 15 is 0 Å². The van der Waals surface area contributed by atoms with Crippen molar-refractivity contribution in [1.29, 1.82) is 0 Å². The van der Waals surface area contributed by atoms with Crippen LogP contribution >= 0.6 is 0 Å². The van der Waals surface area contributed by atoms with Gasteiger partial charge in [0.1, 0.15) is 5.82 Å². The molecule has 1 saturated carbocycles. The van der Waals surface area contributed by atoms with E-state index in [4.69, 9.17) is 0 Å². The molecule has 1 fully saturated rings. The van der Waals surface area contributed by atoms with Crippen molar-refractivity contribution < 1.29 is 4.39 Å². The summed E-state index contributed by atoms with van der Waals surface area (Å²) < 4.78 is 14.6. The molecule has 0 atom stereocenters. The van der Waals surface area contributed by atoms with Crippen molar-refractivity contribution >= 4 is 27.5 Å². The van der Waals surface area contributed by atoms with Crippen LogP contribution in [0.5, 0.6) is 0 Å². The maximum atomic E-state index is 14.6. The van der Waals surface area contributed by atoms with Crippen LogP contribution in [-0.4, -0.2) is 25.1 Å². The van der Waals surface area contributed by atoms with Gasteiger partial charge < -0.3 is 10.3 Å². The Balaban J connectivity index is 1.36. The molecule has 1 aliphatic carbocycles. The number of rotatable bonds is 8. The highest BCUT2D eigenvalue weighted by molar-refractivity contribution is 6.00. The molecule has 0 unspecified atom stereocenters. The highest BCUT2D eigenvalue weighted by Gasteiger charge is 2.19. The predicted molar refractivity (Wildman–Crippen MR) is 161 cm³/mol. The predicted octanol–water partition coefficient (Wildman–Crippen LogP) is 8.07. The average Bonchev–Trinajstić information content (AvgIpc) is 3.74. The molecule has 3 N–H and O–H groups in total. The van der Waals surface area contributed by atoms with Crippen molar-refractivity contribution in [2.45, 2.75) is 32.6 Å². The number of nitrogens with zero attached hydrogens (tertiary/aromatic N) is 3. The molecule has 40 heavy (non-hydrogen) atoms. The Morgan fingerprint density at radius 3 is 2.67 bits per heavy atom. The second-order valence-corrected chi connectivity index (χ2v) is 10.2. The highest BCUT2D eigenvalue weighted by atomic mass is 19.1. The van der Waals surface area contributed by atoms with Gasteiger partial charge in [-0.3, -0.25) is 10.1 Å². The summed E-state index contributed by atoms with van der Waals surface area (Å²) in [6.07, 6.45) is 16.1. The van der Waals surface area contributed by atoms with E-state index in [0.717, 1.165) is 55.8 Å². The summed E-state index contributed by atoms with van der Waals surface area (Å²) in [5.41, 5.74) is 8.19. The topological polar surface area (TPSA) is 82.3 Å². The number of aromatic nitrogens is 5. The second-order valence-electron chi connectivity index (χ2n) is 10.2. The number of hydrogen-bond acceptors (Lipinski definition) is 4. The van der Waals surface area contributed by atoms with Gasteiger partial charge in [0.05, 0.1) is 23.1 Å². The van der Waals surface area contributed by atoms with E-state index < -0.39 is 0 Å². The fraction of sp³-hybridized carbons (Fsp3) is 0.182. The Morgan fingerprint density at radius 2 is 1.90 bits per heavy atom. The van der Waals surface area contributed by atoms with Gasteiger partial charge in [0, 0.05) is 51.3 Å². The summed E-state index contributed by atoms with van der Waals surface area (Å²) in [6, 6.07) is 10.8. The van der Waals surface area contributed by atoms with Crippen LogP contribution in [0.25, 0.3) is 50.0 Å². The van der Waals surface area contributed by atoms with Crippen molar-refractivity contribution in [3.8, 4) is 22.5 Å². The average molecular weight is 531 g/mol. The lowest BCUT2D eigenvalue weighted by molar-refractivity contribution is 0.607. The van der Waals surface area contributed by atoms with Crippen LogP contribution < -0.4 is 5.32 Å². The summed E-state index contributed by atoms with van der Waals surface area (Å²) in [7, 11) is 0. The van der Waals surface area contributed by atoms with E-state index in [9.17, 15) is 4.39 Å². The van der Waals surface area contributed by atoms with Gasteiger partial charge in [0.15, 0.2) is 5.65 Å². The minimum Gasteiger partial charge on any atom is -0.359 e. The fourth-order valence-electron chi connectivity index (χ4n) is 5.55. The third kappa shape index (κ3) is 4.75. The van der Waals surface area contributed by atoms with E-state index in [0.29, 0.717) is 17.1 Å². The molecule has 0 bridgehead atoms. The SMILES string of the molecule is C=C/C(=C\C(=C/C)c1cnc2n[nH]c(-c3cc4c(-c5ccccc5F)cncc4[nH]3)c2c1)NC(=C)C1CCCC1. The highest BCUT2D eigenvalue weighted by Crippen LogP contribution is 2.35. The standard InChI is InChI=1S/C33H31FN6/c1-4-21(14-24(5-2)37-20(3)22-10-6-7-11-22)23-15-27-32(39-40-33(27)36-17-23)30-16-26-28(18-35-19-31(26)38-30)25-12-8-9-13-29(25)34/h4-5,8-9,12-19,22,37-38H,2-3,6-7,10-11H2,1H3,(H,36,39,40)/b21-4+,24-14+. The maximum Gasteiger partial charge on any atom is 0.181 e. The summed E-state index contributed by atoms with van der Waals surface area (Å²) in [4.78, 5) is 12.4. The van der Waals surface area contributed by atoms with E-state index in [1.165, 1.54) is 31.7 Å². The van der Waals surface area contributed by atoms with Gasteiger partial charge in [-0.25, -0.2) is 9.37 Å². The van der Waals surface area contributed by atoms with Crippen LogP contribution in [-0.2, 0) is 0 Å². The zero-order chi connectivity index (χ0) is 27.6. The number of pyridine rings is 2. The van der Waals surface area contributed by atoms with Gasteiger partial charge in [0.2, 0.25) is 0 Å². The first-order valence-corrected chi connectivity index (χ1v) is 13.6. The molecule has 0 amide bonds. The Morgan fingerprint density at radius 1 is 1.07 bits per heavy atom. The lowest BCUT2D eigenvalue weighted by Crippen LogP contribution is -2.16. The molecule has 4 heterocycles. The molecule has 4 aromatic heterocycles. The molecular weight excluding hydrogens is 499 g/mol. The van der Waals surface area contributed by atoms with Gasteiger partial charge in [0.25, 0.3) is 0 Å². The number of halogens is 1. The molecular formula is C33H31FN6. The van der Waals surface area contributed by atoms with Crippen LogP contribution in [0.15, 0.2) is 97.8 Å². The molecule has 0 radical (unpaired) electrons.